The molecule has 2 aromatic carbocycles. The van der Waals surface area contributed by atoms with Gasteiger partial charge in [0.15, 0.2) is 0 Å². The van der Waals surface area contributed by atoms with Crippen molar-refractivity contribution >= 4 is 23.4 Å². The number of amides is 1. The molecule has 1 saturated carbocycles. The van der Waals surface area contributed by atoms with Gasteiger partial charge in [-0.15, -0.1) is 11.8 Å². The van der Waals surface area contributed by atoms with Crippen molar-refractivity contribution in [2.24, 2.45) is 0 Å². The normalized spacial score (nSPS) is 18.0. The fraction of sp³-hybridized carbons (Fsp3) is 0.435. The molecular formula is C23H29N3O2S. The maximum Gasteiger partial charge on any atom is 0.228 e. The Morgan fingerprint density at radius 2 is 1.90 bits per heavy atom. The van der Waals surface area contributed by atoms with E-state index in [1.165, 1.54) is 17.7 Å². The first kappa shape index (κ1) is 20.3. The third-order valence-electron chi connectivity index (χ3n) is 5.60. The third kappa shape index (κ3) is 4.94. The van der Waals surface area contributed by atoms with Crippen molar-refractivity contribution in [3.63, 3.8) is 0 Å². The van der Waals surface area contributed by atoms with E-state index in [-0.39, 0.29) is 5.91 Å². The largest absolute Gasteiger partial charge is 0.457 e. The molecule has 0 radical (unpaired) electrons. The summed E-state index contributed by atoms with van der Waals surface area (Å²) in [6.45, 7) is 3.28. The van der Waals surface area contributed by atoms with Crippen LogP contribution in [0.1, 0.15) is 24.8 Å². The van der Waals surface area contributed by atoms with E-state index in [0.717, 1.165) is 42.4 Å². The first-order valence-electron chi connectivity index (χ1n) is 10.3. The maximum atomic E-state index is 12.8. The van der Waals surface area contributed by atoms with Crippen LogP contribution in [0, 0.1) is 0 Å². The van der Waals surface area contributed by atoms with Gasteiger partial charge in [0.1, 0.15) is 11.5 Å². The van der Waals surface area contributed by atoms with Crippen LogP contribution in [-0.2, 0) is 11.3 Å². The smallest absolute Gasteiger partial charge is 0.228 e. The summed E-state index contributed by atoms with van der Waals surface area (Å²) in [5.74, 6) is 1.85. The number of carbonyl (C=O) groups excluding carboxylic acids is 1. The van der Waals surface area contributed by atoms with Crippen LogP contribution in [0.2, 0.25) is 0 Å². The highest BCUT2D eigenvalue weighted by Gasteiger charge is 2.32. The SMILES string of the molecule is CNCc1cc(N2CCN(C3CC3)CCC2=O)ccc1Oc1ccc(SC)cc1. The van der Waals surface area contributed by atoms with E-state index in [1.54, 1.807) is 11.8 Å². The molecule has 29 heavy (non-hydrogen) atoms. The molecule has 1 aliphatic heterocycles. The molecule has 0 bridgehead atoms. The Morgan fingerprint density at radius 3 is 2.59 bits per heavy atom. The molecule has 4 rings (SSSR count). The number of nitrogens with one attached hydrogen (secondary N) is 1. The second-order valence-electron chi connectivity index (χ2n) is 7.66. The van der Waals surface area contributed by atoms with Gasteiger partial charge in [-0.3, -0.25) is 9.69 Å². The van der Waals surface area contributed by atoms with E-state index in [2.05, 4.69) is 34.7 Å². The van der Waals surface area contributed by atoms with Gasteiger partial charge in [-0.1, -0.05) is 0 Å². The number of thioether (sulfide) groups is 1. The van der Waals surface area contributed by atoms with Gasteiger partial charge in [-0.25, -0.2) is 0 Å². The predicted octanol–water partition coefficient (Wildman–Crippen LogP) is 4.12. The van der Waals surface area contributed by atoms with Crippen molar-refractivity contribution in [3.05, 3.63) is 48.0 Å². The first-order valence-corrected chi connectivity index (χ1v) is 11.5. The Hall–Kier alpha value is -2.02. The molecule has 0 unspecified atom stereocenters. The van der Waals surface area contributed by atoms with Gasteiger partial charge in [0.2, 0.25) is 5.91 Å². The molecule has 1 saturated heterocycles. The number of hydrogen-bond donors (Lipinski definition) is 1. The minimum atomic E-state index is 0.213. The highest BCUT2D eigenvalue weighted by Crippen LogP contribution is 2.32. The number of benzene rings is 2. The molecule has 2 aromatic rings. The molecule has 6 heteroatoms. The zero-order valence-electron chi connectivity index (χ0n) is 17.2. The van der Waals surface area contributed by atoms with E-state index in [9.17, 15) is 4.79 Å². The molecule has 0 atom stereocenters. The van der Waals surface area contributed by atoms with E-state index in [1.807, 2.05) is 36.2 Å². The van der Waals surface area contributed by atoms with Crippen LogP contribution >= 0.6 is 11.8 Å². The molecule has 1 N–H and O–H groups in total. The Morgan fingerprint density at radius 1 is 1.10 bits per heavy atom. The lowest BCUT2D eigenvalue weighted by molar-refractivity contribution is -0.118. The Balaban J connectivity index is 1.53. The zero-order chi connectivity index (χ0) is 20.2. The zero-order valence-corrected chi connectivity index (χ0v) is 18.0. The van der Waals surface area contributed by atoms with Crippen molar-refractivity contribution in [3.8, 4) is 11.5 Å². The van der Waals surface area contributed by atoms with Crippen molar-refractivity contribution in [1.82, 2.24) is 10.2 Å². The summed E-state index contributed by atoms with van der Waals surface area (Å²) >= 11 is 1.71. The van der Waals surface area contributed by atoms with E-state index < -0.39 is 0 Å². The molecule has 0 aromatic heterocycles. The van der Waals surface area contributed by atoms with Gasteiger partial charge in [-0.05, 0) is 68.6 Å². The van der Waals surface area contributed by atoms with Crippen LogP contribution in [0.5, 0.6) is 11.5 Å². The Bertz CT molecular complexity index is 852. The minimum Gasteiger partial charge on any atom is -0.457 e. The highest BCUT2D eigenvalue weighted by molar-refractivity contribution is 7.98. The number of rotatable bonds is 7. The van der Waals surface area contributed by atoms with Gasteiger partial charge in [0, 0.05) is 54.8 Å². The summed E-state index contributed by atoms with van der Waals surface area (Å²) in [5.41, 5.74) is 2.01. The van der Waals surface area contributed by atoms with Crippen molar-refractivity contribution in [2.45, 2.75) is 36.7 Å². The number of anilines is 1. The lowest BCUT2D eigenvalue weighted by Crippen LogP contribution is -2.34. The molecular weight excluding hydrogens is 382 g/mol. The van der Waals surface area contributed by atoms with Crippen LogP contribution in [0.3, 0.4) is 0 Å². The molecule has 1 aliphatic carbocycles. The van der Waals surface area contributed by atoms with Crippen LogP contribution in [-0.4, -0.2) is 49.8 Å². The predicted molar refractivity (Wildman–Crippen MR) is 119 cm³/mol. The van der Waals surface area contributed by atoms with Crippen LogP contribution in [0.25, 0.3) is 0 Å². The Kier molecular flexibility index (Phi) is 6.43. The quantitative estimate of drug-likeness (QED) is 0.695. The number of ether oxygens (including phenoxy) is 1. The molecule has 5 nitrogen and oxygen atoms in total. The van der Waals surface area contributed by atoms with Crippen molar-refractivity contribution < 1.29 is 9.53 Å². The van der Waals surface area contributed by atoms with Gasteiger partial charge in [-0.2, -0.15) is 0 Å². The first-order chi connectivity index (χ1) is 14.2. The van der Waals surface area contributed by atoms with Gasteiger partial charge < -0.3 is 15.0 Å². The number of carbonyl (C=O) groups is 1. The third-order valence-corrected chi connectivity index (χ3v) is 6.34. The molecule has 154 valence electrons. The minimum absolute atomic E-state index is 0.213. The summed E-state index contributed by atoms with van der Waals surface area (Å²) in [7, 11) is 1.92. The summed E-state index contributed by atoms with van der Waals surface area (Å²) in [6, 6.07) is 14.9. The topological polar surface area (TPSA) is 44.8 Å². The fourth-order valence-electron chi connectivity index (χ4n) is 3.85. The standard InChI is InChI=1S/C23H29N3O2S/c1-24-16-17-15-19(26-14-13-25(18-3-4-18)12-11-23(26)27)5-10-22(17)28-20-6-8-21(29-2)9-7-20/h5-10,15,18,24H,3-4,11-14,16H2,1-2H3. The van der Waals surface area contributed by atoms with Gasteiger partial charge in [0.05, 0.1) is 0 Å². The molecule has 1 amide bonds. The molecule has 1 heterocycles. The molecule has 0 spiro atoms. The summed E-state index contributed by atoms with van der Waals surface area (Å²) in [4.78, 5) is 18.4. The maximum absolute atomic E-state index is 12.8. The second kappa shape index (κ2) is 9.20. The second-order valence-corrected chi connectivity index (χ2v) is 8.54. The number of nitrogens with zero attached hydrogens (tertiary/aromatic N) is 2. The average Bonchev–Trinajstić information content (AvgIpc) is 3.58. The van der Waals surface area contributed by atoms with Crippen molar-refractivity contribution in [2.75, 3.05) is 37.8 Å². The summed E-state index contributed by atoms with van der Waals surface area (Å²) < 4.78 is 6.15. The highest BCUT2D eigenvalue weighted by atomic mass is 32.2. The number of hydrogen-bond acceptors (Lipinski definition) is 5. The van der Waals surface area contributed by atoms with E-state index >= 15 is 0 Å². The average molecular weight is 412 g/mol. The lowest BCUT2D eigenvalue weighted by Gasteiger charge is -2.23. The van der Waals surface area contributed by atoms with Gasteiger partial charge >= 0.3 is 0 Å². The lowest BCUT2D eigenvalue weighted by atomic mass is 10.1. The fourth-order valence-corrected chi connectivity index (χ4v) is 4.26. The monoisotopic (exact) mass is 411 g/mol. The Labute approximate surface area is 177 Å². The van der Waals surface area contributed by atoms with Crippen molar-refractivity contribution in [1.29, 1.82) is 0 Å². The van der Waals surface area contributed by atoms with Gasteiger partial charge in [0.25, 0.3) is 0 Å². The summed E-state index contributed by atoms with van der Waals surface area (Å²) in [6.07, 6.45) is 5.22. The van der Waals surface area contributed by atoms with E-state index in [4.69, 9.17) is 4.74 Å². The summed E-state index contributed by atoms with van der Waals surface area (Å²) in [5, 5.41) is 3.22. The van der Waals surface area contributed by atoms with Crippen LogP contribution < -0.4 is 15.0 Å². The molecule has 2 aliphatic rings. The van der Waals surface area contributed by atoms with Crippen LogP contribution in [0.4, 0.5) is 5.69 Å². The van der Waals surface area contributed by atoms with E-state index in [0.29, 0.717) is 19.0 Å². The molecule has 2 fully saturated rings. The van der Waals surface area contributed by atoms with Crippen LogP contribution in [0.15, 0.2) is 47.4 Å².